The van der Waals surface area contributed by atoms with Crippen LogP contribution < -0.4 is 10.9 Å². The molecule has 0 atom stereocenters. The number of nitrogens with zero attached hydrogens (tertiary/aromatic N) is 4. The van der Waals surface area contributed by atoms with Crippen LogP contribution in [-0.2, 0) is 11.3 Å². The number of fused-ring (bicyclic) bond motifs is 1. The molecule has 0 aliphatic heterocycles. The van der Waals surface area contributed by atoms with Gasteiger partial charge in [0.25, 0.3) is 5.56 Å². The van der Waals surface area contributed by atoms with Crippen molar-refractivity contribution in [1.82, 2.24) is 14.1 Å². The third-order valence-corrected chi connectivity index (χ3v) is 7.14. The third kappa shape index (κ3) is 4.27. The summed E-state index contributed by atoms with van der Waals surface area (Å²) in [5.74, 6) is -0.459. The standard InChI is InChI=1S/C24H20FN5O2S2/c1-4-10-29-23(32)18-9-11-33-22(18)28-24(29)34-13-20(31)27-21-19(12-26)14(2)15(3)30(21)17-7-5-16(25)6-8-17/h4-9,11H,1,10,13H2,2-3H3,(H,27,31). The van der Waals surface area contributed by atoms with Crippen LogP contribution in [0.2, 0.25) is 0 Å². The number of hydrogen-bond acceptors (Lipinski definition) is 6. The van der Waals surface area contributed by atoms with Gasteiger partial charge in [0.15, 0.2) is 5.16 Å². The summed E-state index contributed by atoms with van der Waals surface area (Å²) < 4.78 is 16.7. The molecule has 0 spiro atoms. The Morgan fingerprint density at radius 2 is 2.06 bits per heavy atom. The van der Waals surface area contributed by atoms with E-state index in [1.807, 2.05) is 6.92 Å². The molecule has 1 N–H and O–H groups in total. The lowest BCUT2D eigenvalue weighted by Crippen LogP contribution is -2.23. The average molecular weight is 494 g/mol. The van der Waals surface area contributed by atoms with Gasteiger partial charge < -0.3 is 5.32 Å². The summed E-state index contributed by atoms with van der Waals surface area (Å²) in [4.78, 5) is 30.9. The van der Waals surface area contributed by atoms with Gasteiger partial charge in [0, 0.05) is 17.9 Å². The number of amides is 1. The van der Waals surface area contributed by atoms with Gasteiger partial charge in [-0.1, -0.05) is 17.8 Å². The largest absolute Gasteiger partial charge is 0.310 e. The van der Waals surface area contributed by atoms with Crippen LogP contribution in [0, 0.1) is 31.0 Å². The quantitative estimate of drug-likeness (QED) is 0.227. The number of halogens is 1. The second-order valence-electron chi connectivity index (χ2n) is 7.43. The number of thiophene rings is 1. The molecular weight excluding hydrogens is 473 g/mol. The third-order valence-electron chi connectivity index (χ3n) is 5.36. The van der Waals surface area contributed by atoms with Crippen LogP contribution in [0.4, 0.5) is 10.2 Å². The minimum Gasteiger partial charge on any atom is -0.310 e. The predicted octanol–water partition coefficient (Wildman–Crippen LogP) is 4.79. The number of aromatic nitrogens is 3. The fourth-order valence-electron chi connectivity index (χ4n) is 3.60. The first-order chi connectivity index (χ1) is 16.3. The first-order valence-electron chi connectivity index (χ1n) is 10.2. The number of anilines is 1. The number of carbonyl (C=O) groups excluding carboxylic acids is 1. The van der Waals surface area contributed by atoms with Crippen molar-refractivity contribution in [1.29, 1.82) is 5.26 Å². The van der Waals surface area contributed by atoms with Crippen molar-refractivity contribution in [2.45, 2.75) is 25.5 Å². The Morgan fingerprint density at radius 1 is 1.32 bits per heavy atom. The van der Waals surface area contributed by atoms with Crippen molar-refractivity contribution in [3.8, 4) is 11.8 Å². The Bertz CT molecular complexity index is 1510. The van der Waals surface area contributed by atoms with Crippen LogP contribution in [0.5, 0.6) is 0 Å². The highest BCUT2D eigenvalue weighted by Gasteiger charge is 2.21. The van der Waals surface area contributed by atoms with Gasteiger partial charge in [0.2, 0.25) is 5.91 Å². The fourth-order valence-corrected chi connectivity index (χ4v) is 5.22. The van der Waals surface area contributed by atoms with Crippen LogP contribution in [0.15, 0.2) is 58.3 Å². The summed E-state index contributed by atoms with van der Waals surface area (Å²) in [6.07, 6.45) is 1.60. The van der Waals surface area contributed by atoms with Gasteiger partial charge in [-0.2, -0.15) is 5.26 Å². The van der Waals surface area contributed by atoms with E-state index >= 15 is 0 Å². The number of benzene rings is 1. The van der Waals surface area contributed by atoms with E-state index < -0.39 is 0 Å². The molecule has 0 aliphatic rings. The van der Waals surface area contributed by atoms with Crippen LogP contribution in [0.1, 0.15) is 16.8 Å². The first kappa shape index (κ1) is 23.5. The molecule has 0 aliphatic carbocycles. The number of thioether (sulfide) groups is 1. The van der Waals surface area contributed by atoms with Crippen molar-refractivity contribution >= 4 is 45.0 Å². The molecule has 1 aromatic carbocycles. The fraction of sp³-hybridized carbons (Fsp3) is 0.167. The van der Waals surface area contributed by atoms with Crippen molar-refractivity contribution in [3.05, 3.63) is 81.4 Å². The van der Waals surface area contributed by atoms with Crippen molar-refractivity contribution in [2.24, 2.45) is 0 Å². The Kier molecular flexibility index (Phi) is 6.68. The van der Waals surface area contributed by atoms with Crippen LogP contribution in [0.25, 0.3) is 15.9 Å². The topological polar surface area (TPSA) is 92.7 Å². The normalized spacial score (nSPS) is 10.9. The lowest BCUT2D eigenvalue weighted by molar-refractivity contribution is -0.113. The molecule has 34 heavy (non-hydrogen) atoms. The molecule has 0 saturated heterocycles. The van der Waals surface area contributed by atoms with E-state index in [2.05, 4.69) is 22.9 Å². The van der Waals surface area contributed by atoms with Crippen molar-refractivity contribution in [2.75, 3.05) is 11.1 Å². The van der Waals surface area contributed by atoms with Crippen LogP contribution in [0.3, 0.4) is 0 Å². The maximum Gasteiger partial charge on any atom is 0.263 e. The molecule has 7 nitrogen and oxygen atoms in total. The summed E-state index contributed by atoms with van der Waals surface area (Å²) in [6, 6.07) is 9.70. The predicted molar refractivity (Wildman–Crippen MR) is 133 cm³/mol. The number of rotatable bonds is 7. The average Bonchev–Trinajstić information content (AvgIpc) is 3.38. The zero-order valence-corrected chi connectivity index (χ0v) is 20.1. The first-order valence-corrected chi connectivity index (χ1v) is 12.1. The van der Waals surface area contributed by atoms with Gasteiger partial charge in [-0.3, -0.25) is 18.7 Å². The van der Waals surface area contributed by atoms with E-state index in [0.29, 0.717) is 32.4 Å². The summed E-state index contributed by atoms with van der Waals surface area (Å²) in [6.45, 7) is 7.60. The SMILES string of the molecule is C=CCn1c(SCC(=O)Nc2c(C#N)c(C)c(C)n2-c2ccc(F)cc2)nc2sccc2c1=O. The van der Waals surface area contributed by atoms with Crippen molar-refractivity contribution < 1.29 is 9.18 Å². The van der Waals surface area contributed by atoms with Gasteiger partial charge in [0.05, 0.1) is 16.7 Å². The summed E-state index contributed by atoms with van der Waals surface area (Å²) >= 11 is 2.49. The summed E-state index contributed by atoms with van der Waals surface area (Å²) in [7, 11) is 0. The highest BCUT2D eigenvalue weighted by molar-refractivity contribution is 7.99. The zero-order chi connectivity index (χ0) is 24.4. The Labute approximate surface area is 203 Å². The molecule has 4 aromatic rings. The number of nitriles is 1. The van der Waals surface area contributed by atoms with Gasteiger partial charge in [-0.05, 0) is 55.1 Å². The molecule has 10 heteroatoms. The molecule has 3 aromatic heterocycles. The summed E-state index contributed by atoms with van der Waals surface area (Å²) in [5, 5.41) is 15.3. The van der Waals surface area contributed by atoms with Crippen LogP contribution >= 0.6 is 23.1 Å². The van der Waals surface area contributed by atoms with Gasteiger partial charge in [0.1, 0.15) is 22.5 Å². The van der Waals surface area contributed by atoms with E-state index in [4.69, 9.17) is 0 Å². The lowest BCUT2D eigenvalue weighted by atomic mass is 10.2. The number of hydrogen-bond donors (Lipinski definition) is 1. The van der Waals surface area contributed by atoms with E-state index in [9.17, 15) is 19.2 Å². The second kappa shape index (κ2) is 9.67. The van der Waals surface area contributed by atoms with Crippen LogP contribution in [-0.4, -0.2) is 25.8 Å². The molecule has 1 amide bonds. The molecule has 0 saturated carbocycles. The smallest absolute Gasteiger partial charge is 0.263 e. The molecule has 0 radical (unpaired) electrons. The van der Waals surface area contributed by atoms with E-state index in [0.717, 1.165) is 23.0 Å². The molecule has 0 bridgehead atoms. The zero-order valence-electron chi connectivity index (χ0n) is 18.5. The van der Waals surface area contributed by atoms with Gasteiger partial charge in [-0.15, -0.1) is 17.9 Å². The number of nitrogens with one attached hydrogen (secondary N) is 1. The molecule has 0 fully saturated rings. The van der Waals surface area contributed by atoms with E-state index in [1.54, 1.807) is 41.1 Å². The molecule has 4 rings (SSSR count). The van der Waals surface area contributed by atoms with E-state index in [-0.39, 0.29) is 29.6 Å². The second-order valence-corrected chi connectivity index (χ2v) is 9.27. The number of allylic oxidation sites excluding steroid dienone is 1. The highest BCUT2D eigenvalue weighted by Crippen LogP contribution is 2.30. The molecular formula is C24H20FN5O2S2. The Hall–Kier alpha value is -3.68. The Morgan fingerprint density at radius 3 is 2.74 bits per heavy atom. The minimum absolute atomic E-state index is 0.0297. The Balaban J connectivity index is 1.63. The van der Waals surface area contributed by atoms with Gasteiger partial charge >= 0.3 is 0 Å². The van der Waals surface area contributed by atoms with Crippen molar-refractivity contribution in [3.63, 3.8) is 0 Å². The minimum atomic E-state index is -0.381. The summed E-state index contributed by atoms with van der Waals surface area (Å²) in [5.41, 5.74) is 2.25. The molecule has 172 valence electrons. The highest BCUT2D eigenvalue weighted by atomic mass is 32.2. The molecule has 0 unspecified atom stereocenters. The maximum atomic E-state index is 13.4. The van der Waals surface area contributed by atoms with E-state index in [1.165, 1.54) is 28.0 Å². The van der Waals surface area contributed by atoms with Gasteiger partial charge in [-0.25, -0.2) is 9.37 Å². The lowest BCUT2D eigenvalue weighted by Gasteiger charge is -2.14. The molecule has 3 heterocycles. The maximum absolute atomic E-state index is 13.4. The number of carbonyl (C=O) groups is 1. The monoisotopic (exact) mass is 493 g/mol.